The number of methoxy groups -OCH3 is 1. The largest absolute Gasteiger partial charge is 0.445 e. The van der Waals surface area contributed by atoms with Crippen LogP contribution in [0.1, 0.15) is 30.4 Å². The van der Waals surface area contributed by atoms with Crippen LogP contribution in [0.25, 0.3) is 0 Å². The second-order valence-corrected chi connectivity index (χ2v) is 8.69. The molecule has 35 heavy (non-hydrogen) atoms. The van der Waals surface area contributed by atoms with E-state index in [0.717, 1.165) is 17.5 Å². The summed E-state index contributed by atoms with van der Waals surface area (Å²) < 4.78 is 10.4. The predicted octanol–water partition coefficient (Wildman–Crippen LogP) is 2.92. The predicted molar refractivity (Wildman–Crippen MR) is 133 cm³/mol. The lowest BCUT2D eigenvalue weighted by atomic mass is 9.95. The highest BCUT2D eigenvalue weighted by Gasteiger charge is 2.32. The van der Waals surface area contributed by atoms with Crippen LogP contribution in [0.2, 0.25) is 0 Å². The molecule has 0 aromatic heterocycles. The minimum Gasteiger partial charge on any atom is -0.445 e. The summed E-state index contributed by atoms with van der Waals surface area (Å²) in [4.78, 5) is 40.1. The monoisotopic (exact) mass is 481 g/mol. The summed E-state index contributed by atoms with van der Waals surface area (Å²) >= 11 is 0. The standard InChI is InChI=1S/C27H35N3O5/c1-34-18-8-15-28-25(31)23-13-16-30(17-14-23)26(32)24(19-21-9-4-2-5-10-21)29-27(33)35-20-22-11-6-3-7-12-22/h2-7,9-12,23-24H,8,13-20H2,1H3,(H,28,31)(H,29,33). The molecule has 0 spiro atoms. The van der Waals surface area contributed by atoms with Crippen molar-refractivity contribution in [2.45, 2.75) is 38.3 Å². The van der Waals surface area contributed by atoms with Crippen LogP contribution in [0.4, 0.5) is 4.79 Å². The maximum absolute atomic E-state index is 13.4. The van der Waals surface area contributed by atoms with Crippen LogP contribution < -0.4 is 10.6 Å². The lowest BCUT2D eigenvalue weighted by molar-refractivity contribution is -0.137. The Hall–Kier alpha value is -3.39. The molecule has 3 rings (SSSR count). The fourth-order valence-electron chi connectivity index (χ4n) is 4.11. The maximum atomic E-state index is 13.4. The molecule has 1 saturated heterocycles. The van der Waals surface area contributed by atoms with E-state index in [1.54, 1.807) is 12.0 Å². The van der Waals surface area contributed by atoms with Gasteiger partial charge in [-0.25, -0.2) is 4.79 Å². The minimum atomic E-state index is -0.750. The smallest absolute Gasteiger partial charge is 0.408 e. The number of nitrogens with one attached hydrogen (secondary N) is 2. The molecule has 188 valence electrons. The Morgan fingerprint density at radius 1 is 0.971 bits per heavy atom. The molecule has 1 atom stereocenters. The fourth-order valence-corrected chi connectivity index (χ4v) is 4.11. The van der Waals surface area contributed by atoms with Gasteiger partial charge in [-0.3, -0.25) is 9.59 Å². The Morgan fingerprint density at radius 3 is 2.23 bits per heavy atom. The first kappa shape index (κ1) is 26.2. The third kappa shape index (κ3) is 8.72. The van der Waals surface area contributed by atoms with E-state index < -0.39 is 12.1 Å². The van der Waals surface area contributed by atoms with Crippen LogP contribution in [0.5, 0.6) is 0 Å². The van der Waals surface area contributed by atoms with Gasteiger partial charge in [0.2, 0.25) is 11.8 Å². The number of hydrogen-bond donors (Lipinski definition) is 2. The Bertz CT molecular complexity index is 930. The number of likely N-dealkylation sites (tertiary alicyclic amines) is 1. The zero-order chi connectivity index (χ0) is 24.9. The highest BCUT2D eigenvalue weighted by Crippen LogP contribution is 2.19. The number of piperidine rings is 1. The average Bonchev–Trinajstić information content (AvgIpc) is 2.90. The number of amides is 3. The molecule has 1 aliphatic rings. The first-order chi connectivity index (χ1) is 17.1. The quantitative estimate of drug-likeness (QED) is 0.481. The molecule has 0 aliphatic carbocycles. The Labute approximate surface area is 207 Å². The van der Waals surface area contributed by atoms with Crippen molar-refractivity contribution in [2.75, 3.05) is 33.4 Å². The maximum Gasteiger partial charge on any atom is 0.408 e. The summed E-state index contributed by atoms with van der Waals surface area (Å²) in [5, 5.41) is 5.71. The number of hydrogen-bond acceptors (Lipinski definition) is 5. The molecule has 8 nitrogen and oxygen atoms in total. The van der Waals surface area contributed by atoms with E-state index in [2.05, 4.69) is 10.6 Å². The van der Waals surface area contributed by atoms with Crippen LogP contribution in [0.15, 0.2) is 60.7 Å². The number of rotatable bonds is 11. The van der Waals surface area contributed by atoms with Crippen molar-refractivity contribution >= 4 is 17.9 Å². The minimum absolute atomic E-state index is 0.0247. The second kappa shape index (κ2) is 14.1. The molecule has 2 N–H and O–H groups in total. The summed E-state index contributed by atoms with van der Waals surface area (Å²) in [6.07, 6.45) is 1.69. The molecule has 1 fully saturated rings. The van der Waals surface area contributed by atoms with Gasteiger partial charge in [0.05, 0.1) is 0 Å². The highest BCUT2D eigenvalue weighted by atomic mass is 16.5. The number of carbonyl (C=O) groups excluding carboxylic acids is 3. The molecule has 0 bridgehead atoms. The van der Waals surface area contributed by atoms with Crippen molar-refractivity contribution in [3.63, 3.8) is 0 Å². The van der Waals surface area contributed by atoms with Gasteiger partial charge in [0, 0.05) is 45.7 Å². The van der Waals surface area contributed by atoms with Gasteiger partial charge in [0.25, 0.3) is 0 Å². The Kier molecular flexibility index (Phi) is 10.6. The van der Waals surface area contributed by atoms with Crippen molar-refractivity contribution in [1.82, 2.24) is 15.5 Å². The SMILES string of the molecule is COCCCNC(=O)C1CCN(C(=O)C(Cc2ccccc2)NC(=O)OCc2ccccc2)CC1. The highest BCUT2D eigenvalue weighted by molar-refractivity contribution is 5.86. The number of ether oxygens (including phenoxy) is 2. The molecule has 1 aliphatic heterocycles. The first-order valence-electron chi connectivity index (χ1n) is 12.1. The number of nitrogens with zero attached hydrogens (tertiary/aromatic N) is 1. The summed E-state index contributed by atoms with van der Waals surface area (Å²) in [5.41, 5.74) is 1.82. The van der Waals surface area contributed by atoms with E-state index in [-0.39, 0.29) is 24.3 Å². The van der Waals surface area contributed by atoms with Crippen LogP contribution in [0, 0.1) is 5.92 Å². The van der Waals surface area contributed by atoms with E-state index >= 15 is 0 Å². The average molecular weight is 482 g/mol. The molecule has 3 amide bonds. The molecule has 0 saturated carbocycles. The van der Waals surface area contributed by atoms with Gasteiger partial charge in [-0.1, -0.05) is 60.7 Å². The molecule has 8 heteroatoms. The second-order valence-electron chi connectivity index (χ2n) is 8.69. The zero-order valence-corrected chi connectivity index (χ0v) is 20.3. The van der Waals surface area contributed by atoms with Crippen LogP contribution in [0.3, 0.4) is 0 Å². The topological polar surface area (TPSA) is 97.0 Å². The summed E-state index contributed by atoms with van der Waals surface area (Å²) in [6.45, 7) is 2.27. The lowest BCUT2D eigenvalue weighted by Gasteiger charge is -2.34. The molecule has 1 unspecified atom stereocenters. The van der Waals surface area contributed by atoms with E-state index in [0.29, 0.717) is 45.5 Å². The van der Waals surface area contributed by atoms with Gasteiger partial charge < -0.3 is 25.0 Å². The van der Waals surface area contributed by atoms with Crippen LogP contribution in [-0.4, -0.2) is 62.2 Å². The summed E-state index contributed by atoms with van der Waals surface area (Å²) in [7, 11) is 1.64. The third-order valence-electron chi connectivity index (χ3n) is 6.09. The first-order valence-corrected chi connectivity index (χ1v) is 12.1. The Balaban J connectivity index is 1.55. The van der Waals surface area contributed by atoms with Gasteiger partial charge in [-0.05, 0) is 30.4 Å². The molecular formula is C27H35N3O5. The Morgan fingerprint density at radius 2 is 1.60 bits per heavy atom. The van der Waals surface area contributed by atoms with Gasteiger partial charge in [0.15, 0.2) is 0 Å². The molecule has 2 aromatic rings. The van der Waals surface area contributed by atoms with Gasteiger partial charge in [-0.15, -0.1) is 0 Å². The number of carbonyl (C=O) groups is 3. The van der Waals surface area contributed by atoms with Crippen molar-refractivity contribution in [3.05, 3.63) is 71.8 Å². The van der Waals surface area contributed by atoms with Crippen molar-refractivity contribution in [3.8, 4) is 0 Å². The van der Waals surface area contributed by atoms with Crippen LogP contribution >= 0.6 is 0 Å². The van der Waals surface area contributed by atoms with Gasteiger partial charge >= 0.3 is 6.09 Å². The van der Waals surface area contributed by atoms with Crippen molar-refractivity contribution in [1.29, 1.82) is 0 Å². The molecular weight excluding hydrogens is 446 g/mol. The molecule has 2 aromatic carbocycles. The van der Waals surface area contributed by atoms with E-state index in [4.69, 9.17) is 9.47 Å². The van der Waals surface area contributed by atoms with Crippen LogP contribution in [-0.2, 0) is 32.1 Å². The van der Waals surface area contributed by atoms with Gasteiger partial charge in [-0.2, -0.15) is 0 Å². The van der Waals surface area contributed by atoms with Crippen molar-refractivity contribution < 1.29 is 23.9 Å². The lowest BCUT2D eigenvalue weighted by Crippen LogP contribution is -2.52. The molecule has 1 heterocycles. The summed E-state index contributed by atoms with van der Waals surface area (Å²) in [5.74, 6) is -0.251. The van der Waals surface area contributed by atoms with E-state index in [1.165, 1.54) is 0 Å². The third-order valence-corrected chi connectivity index (χ3v) is 6.09. The number of alkyl carbamates (subject to hydrolysis) is 1. The van der Waals surface area contributed by atoms with E-state index in [9.17, 15) is 14.4 Å². The fraction of sp³-hybridized carbons (Fsp3) is 0.444. The normalized spacial score (nSPS) is 14.7. The number of benzene rings is 2. The van der Waals surface area contributed by atoms with E-state index in [1.807, 2.05) is 60.7 Å². The molecule has 0 radical (unpaired) electrons. The van der Waals surface area contributed by atoms with Gasteiger partial charge in [0.1, 0.15) is 12.6 Å². The van der Waals surface area contributed by atoms with Crippen molar-refractivity contribution in [2.24, 2.45) is 5.92 Å². The zero-order valence-electron chi connectivity index (χ0n) is 20.3. The summed E-state index contributed by atoms with van der Waals surface area (Å²) in [6, 6.07) is 18.2.